The van der Waals surface area contributed by atoms with Crippen molar-refractivity contribution in [3.8, 4) is 11.5 Å². The zero-order chi connectivity index (χ0) is 18.8. The van der Waals surface area contributed by atoms with Gasteiger partial charge in [0.15, 0.2) is 0 Å². The molecule has 0 spiro atoms. The molecule has 1 atom stereocenters. The minimum Gasteiger partial charge on any atom is -0.411 e. The number of rotatable bonds is 5. The number of hydrogen-bond donors (Lipinski definition) is 2. The van der Waals surface area contributed by atoms with Crippen LogP contribution in [0.5, 0.6) is 0 Å². The quantitative estimate of drug-likeness (QED) is 0.462. The van der Waals surface area contributed by atoms with Crippen LogP contribution >= 0.6 is 23.4 Å². The van der Waals surface area contributed by atoms with E-state index in [1.165, 1.54) is 11.8 Å². The normalized spacial score (nSPS) is 12.2. The van der Waals surface area contributed by atoms with Crippen molar-refractivity contribution in [1.82, 2.24) is 15.2 Å². The average Bonchev–Trinajstić information content (AvgIpc) is 3.30. The Kier molecular flexibility index (Phi) is 4.87. The molecule has 0 aliphatic heterocycles. The Hall–Kier alpha value is -2.77. The van der Waals surface area contributed by atoms with Gasteiger partial charge in [0, 0.05) is 17.1 Å². The number of anilines is 1. The fraction of sp³-hybridized carbons (Fsp3) is 0.105. The first kappa shape index (κ1) is 17.6. The van der Waals surface area contributed by atoms with Crippen LogP contribution in [0.1, 0.15) is 6.92 Å². The molecule has 2 aromatic heterocycles. The van der Waals surface area contributed by atoms with E-state index in [-0.39, 0.29) is 5.91 Å². The zero-order valence-corrected chi connectivity index (χ0v) is 15.8. The van der Waals surface area contributed by atoms with Crippen molar-refractivity contribution in [3.05, 3.63) is 59.8 Å². The van der Waals surface area contributed by atoms with Crippen molar-refractivity contribution < 1.29 is 9.21 Å². The number of aromatic amines is 1. The predicted molar refractivity (Wildman–Crippen MR) is 107 cm³/mol. The summed E-state index contributed by atoms with van der Waals surface area (Å²) in [6.45, 7) is 1.77. The van der Waals surface area contributed by atoms with Gasteiger partial charge < -0.3 is 14.7 Å². The molecule has 4 aromatic rings. The van der Waals surface area contributed by atoms with Gasteiger partial charge in [-0.1, -0.05) is 53.7 Å². The fourth-order valence-corrected chi connectivity index (χ4v) is 3.48. The van der Waals surface area contributed by atoms with Crippen molar-refractivity contribution in [1.29, 1.82) is 0 Å². The number of benzene rings is 2. The SMILES string of the molecule is CC(Sc1nnc(-c2c[nH]c3ccccc23)o1)C(=O)Nc1ccccc1Cl. The maximum Gasteiger partial charge on any atom is 0.277 e. The lowest BCUT2D eigenvalue weighted by Gasteiger charge is -2.10. The first-order valence-corrected chi connectivity index (χ1v) is 9.49. The van der Waals surface area contributed by atoms with E-state index in [9.17, 15) is 4.79 Å². The Morgan fingerprint density at radius 3 is 2.81 bits per heavy atom. The molecule has 0 fully saturated rings. The third-order valence-electron chi connectivity index (χ3n) is 4.00. The number of carbonyl (C=O) groups excluding carboxylic acids is 1. The number of para-hydroxylation sites is 2. The van der Waals surface area contributed by atoms with Gasteiger partial charge >= 0.3 is 0 Å². The molecule has 2 aromatic carbocycles. The van der Waals surface area contributed by atoms with E-state index in [0.717, 1.165) is 16.5 Å². The highest BCUT2D eigenvalue weighted by atomic mass is 35.5. The summed E-state index contributed by atoms with van der Waals surface area (Å²) in [5.41, 5.74) is 2.40. The van der Waals surface area contributed by atoms with Gasteiger partial charge in [-0.15, -0.1) is 10.2 Å². The van der Waals surface area contributed by atoms with Crippen LogP contribution in [0.2, 0.25) is 5.02 Å². The molecular weight excluding hydrogens is 384 g/mol. The van der Waals surface area contributed by atoms with E-state index in [4.69, 9.17) is 16.0 Å². The highest BCUT2D eigenvalue weighted by Gasteiger charge is 2.20. The minimum absolute atomic E-state index is 0.194. The molecule has 1 unspecified atom stereocenters. The standard InChI is InChI=1S/C19H15ClN4O2S/c1-11(17(25)22-16-9-5-3-7-14(16)20)27-19-24-23-18(26-19)13-10-21-15-8-4-2-6-12(13)15/h2-11,21H,1H3,(H,22,25). The summed E-state index contributed by atoms with van der Waals surface area (Å²) in [5, 5.41) is 12.4. The molecule has 1 amide bonds. The Morgan fingerprint density at radius 1 is 1.19 bits per heavy atom. The molecule has 0 aliphatic rings. The minimum atomic E-state index is -0.433. The van der Waals surface area contributed by atoms with Gasteiger partial charge in [0.2, 0.25) is 5.91 Å². The lowest BCUT2D eigenvalue weighted by atomic mass is 10.2. The third-order valence-corrected chi connectivity index (χ3v) is 5.27. The molecule has 4 rings (SSSR count). The molecule has 0 saturated heterocycles. The second-order valence-electron chi connectivity index (χ2n) is 5.85. The maximum absolute atomic E-state index is 12.4. The second-order valence-corrected chi connectivity index (χ2v) is 7.55. The third kappa shape index (κ3) is 3.70. The van der Waals surface area contributed by atoms with Crippen molar-refractivity contribution in [2.75, 3.05) is 5.32 Å². The van der Waals surface area contributed by atoms with Crippen molar-refractivity contribution >= 4 is 45.9 Å². The van der Waals surface area contributed by atoms with Gasteiger partial charge in [-0.3, -0.25) is 4.79 Å². The number of amides is 1. The summed E-state index contributed by atoms with van der Waals surface area (Å²) >= 11 is 7.27. The number of nitrogens with one attached hydrogen (secondary N) is 2. The van der Waals surface area contributed by atoms with Crippen LogP contribution in [-0.4, -0.2) is 26.3 Å². The van der Waals surface area contributed by atoms with Crippen LogP contribution in [0.4, 0.5) is 5.69 Å². The smallest absolute Gasteiger partial charge is 0.277 e. The summed E-state index contributed by atoms with van der Waals surface area (Å²) < 4.78 is 5.75. The lowest BCUT2D eigenvalue weighted by Crippen LogP contribution is -2.22. The van der Waals surface area contributed by atoms with Crippen LogP contribution in [0, 0.1) is 0 Å². The molecular formula is C19H15ClN4O2S. The van der Waals surface area contributed by atoms with Gasteiger partial charge in [0.05, 0.1) is 21.5 Å². The van der Waals surface area contributed by atoms with Crippen LogP contribution in [0.25, 0.3) is 22.4 Å². The summed E-state index contributed by atoms with van der Waals surface area (Å²) in [7, 11) is 0. The Bertz CT molecular complexity index is 1110. The molecule has 0 aliphatic carbocycles. The molecule has 2 N–H and O–H groups in total. The average molecular weight is 399 g/mol. The lowest BCUT2D eigenvalue weighted by molar-refractivity contribution is -0.115. The second kappa shape index (κ2) is 7.46. The maximum atomic E-state index is 12.4. The molecule has 27 heavy (non-hydrogen) atoms. The van der Waals surface area contributed by atoms with E-state index in [1.54, 1.807) is 25.1 Å². The number of halogens is 1. The van der Waals surface area contributed by atoms with Gasteiger partial charge in [-0.2, -0.15) is 0 Å². The van der Waals surface area contributed by atoms with Crippen LogP contribution in [-0.2, 0) is 4.79 Å². The van der Waals surface area contributed by atoms with Gasteiger partial charge in [0.1, 0.15) is 0 Å². The molecule has 6 nitrogen and oxygen atoms in total. The molecule has 0 radical (unpaired) electrons. The summed E-state index contributed by atoms with van der Waals surface area (Å²) in [6, 6.07) is 15.0. The van der Waals surface area contributed by atoms with E-state index < -0.39 is 5.25 Å². The van der Waals surface area contributed by atoms with Crippen molar-refractivity contribution in [2.45, 2.75) is 17.4 Å². The van der Waals surface area contributed by atoms with Gasteiger partial charge in [-0.05, 0) is 25.1 Å². The molecule has 136 valence electrons. The highest BCUT2D eigenvalue weighted by Crippen LogP contribution is 2.31. The van der Waals surface area contributed by atoms with E-state index in [2.05, 4.69) is 20.5 Å². The first-order chi connectivity index (χ1) is 13.1. The number of aromatic nitrogens is 3. The van der Waals surface area contributed by atoms with Gasteiger partial charge in [0.25, 0.3) is 11.1 Å². The van der Waals surface area contributed by atoms with E-state index >= 15 is 0 Å². The number of hydrogen-bond acceptors (Lipinski definition) is 5. The number of nitrogens with zero attached hydrogens (tertiary/aromatic N) is 2. The highest BCUT2D eigenvalue weighted by molar-refractivity contribution is 8.00. The summed E-state index contributed by atoms with van der Waals surface area (Å²) in [5.74, 6) is 0.216. The molecule has 8 heteroatoms. The molecule has 2 heterocycles. The number of carbonyl (C=O) groups is 1. The topological polar surface area (TPSA) is 83.8 Å². The first-order valence-electron chi connectivity index (χ1n) is 8.24. The van der Waals surface area contributed by atoms with Crippen molar-refractivity contribution in [3.63, 3.8) is 0 Å². The monoisotopic (exact) mass is 398 g/mol. The Morgan fingerprint density at radius 2 is 1.96 bits per heavy atom. The Labute approximate surface area is 164 Å². The zero-order valence-electron chi connectivity index (χ0n) is 14.3. The van der Waals surface area contributed by atoms with E-state index in [1.807, 2.05) is 36.5 Å². The number of H-pyrrole nitrogens is 1. The number of fused-ring (bicyclic) bond motifs is 1. The number of thioether (sulfide) groups is 1. The predicted octanol–water partition coefficient (Wildman–Crippen LogP) is 4.99. The van der Waals surface area contributed by atoms with Crippen LogP contribution in [0.15, 0.2) is 64.4 Å². The largest absolute Gasteiger partial charge is 0.411 e. The van der Waals surface area contributed by atoms with Gasteiger partial charge in [-0.25, -0.2) is 0 Å². The summed E-state index contributed by atoms with van der Waals surface area (Å²) in [4.78, 5) is 15.6. The molecule has 0 bridgehead atoms. The Balaban J connectivity index is 1.47. The van der Waals surface area contributed by atoms with E-state index in [0.29, 0.717) is 21.8 Å². The van der Waals surface area contributed by atoms with Crippen LogP contribution < -0.4 is 5.32 Å². The molecule has 0 saturated carbocycles. The van der Waals surface area contributed by atoms with Crippen LogP contribution in [0.3, 0.4) is 0 Å². The fourth-order valence-electron chi connectivity index (χ4n) is 2.62. The summed E-state index contributed by atoms with van der Waals surface area (Å²) in [6.07, 6.45) is 1.83. The van der Waals surface area contributed by atoms with Crippen molar-refractivity contribution in [2.24, 2.45) is 0 Å².